The van der Waals surface area contributed by atoms with Gasteiger partial charge in [0.05, 0.1) is 18.7 Å². The number of methoxy groups -OCH3 is 1. The van der Waals surface area contributed by atoms with Crippen molar-refractivity contribution in [2.24, 2.45) is 5.92 Å². The van der Waals surface area contributed by atoms with Crippen LogP contribution in [0.5, 0.6) is 5.75 Å². The molecular weight excluding hydrogens is 426 g/mol. The fourth-order valence-electron chi connectivity index (χ4n) is 4.59. The Hall–Kier alpha value is -3.87. The molecule has 1 aliphatic heterocycles. The SMILES string of the molecule is COc1cccc(-c2cc3c(N4CCC[C@@H](C(=O)NCc5ccccc5C)C4)nccn3n2)c1. The van der Waals surface area contributed by atoms with Gasteiger partial charge in [0.1, 0.15) is 11.3 Å². The van der Waals surface area contributed by atoms with E-state index in [4.69, 9.17) is 9.84 Å². The molecule has 1 saturated heterocycles. The fourth-order valence-corrected chi connectivity index (χ4v) is 4.59. The number of anilines is 1. The van der Waals surface area contributed by atoms with E-state index in [0.717, 1.165) is 53.3 Å². The van der Waals surface area contributed by atoms with Gasteiger partial charge in [0, 0.05) is 37.6 Å². The molecule has 7 nitrogen and oxygen atoms in total. The normalized spacial score (nSPS) is 15.9. The third-order valence-electron chi connectivity index (χ3n) is 6.54. The van der Waals surface area contributed by atoms with E-state index in [1.807, 2.05) is 47.1 Å². The molecule has 1 N–H and O–H groups in total. The van der Waals surface area contributed by atoms with E-state index in [9.17, 15) is 4.79 Å². The number of nitrogens with zero attached hydrogens (tertiary/aromatic N) is 4. The van der Waals surface area contributed by atoms with Crippen LogP contribution in [0.4, 0.5) is 5.82 Å². The van der Waals surface area contributed by atoms with Gasteiger partial charge in [-0.1, -0.05) is 36.4 Å². The van der Waals surface area contributed by atoms with Crippen LogP contribution in [-0.4, -0.2) is 40.7 Å². The molecule has 174 valence electrons. The van der Waals surface area contributed by atoms with Crippen LogP contribution in [0.25, 0.3) is 16.8 Å². The lowest BCUT2D eigenvalue weighted by atomic mass is 9.96. The van der Waals surface area contributed by atoms with E-state index in [1.165, 1.54) is 5.56 Å². The van der Waals surface area contributed by atoms with Crippen molar-refractivity contribution in [3.63, 3.8) is 0 Å². The maximum absolute atomic E-state index is 13.0. The number of rotatable bonds is 6. The standard InChI is InChI=1S/C27H29N5O2/c1-19-7-3-4-8-21(19)17-29-27(33)22-10-6-13-31(18-22)26-25-16-24(30-32(25)14-12-28-26)20-9-5-11-23(15-20)34-2/h3-5,7-9,11-12,14-16,22H,6,10,13,17-18H2,1-2H3,(H,29,33)/t22-/m1/s1. The zero-order chi connectivity index (χ0) is 23.5. The van der Waals surface area contributed by atoms with Crippen molar-refractivity contribution in [2.45, 2.75) is 26.3 Å². The van der Waals surface area contributed by atoms with Crippen molar-refractivity contribution in [3.8, 4) is 17.0 Å². The quantitative estimate of drug-likeness (QED) is 0.471. The van der Waals surface area contributed by atoms with Crippen molar-refractivity contribution in [2.75, 3.05) is 25.1 Å². The minimum absolute atomic E-state index is 0.0689. The number of ether oxygens (including phenoxy) is 1. The largest absolute Gasteiger partial charge is 0.497 e. The van der Waals surface area contributed by atoms with Crippen molar-refractivity contribution in [1.82, 2.24) is 19.9 Å². The molecule has 7 heteroatoms. The zero-order valence-corrected chi connectivity index (χ0v) is 19.6. The molecule has 1 amide bonds. The fraction of sp³-hybridized carbons (Fsp3) is 0.296. The van der Waals surface area contributed by atoms with E-state index >= 15 is 0 Å². The summed E-state index contributed by atoms with van der Waals surface area (Å²) in [5, 5.41) is 7.89. The van der Waals surface area contributed by atoms with E-state index in [0.29, 0.717) is 13.1 Å². The Morgan fingerprint density at radius 1 is 1.18 bits per heavy atom. The van der Waals surface area contributed by atoms with Gasteiger partial charge in [-0.3, -0.25) is 4.79 Å². The number of amides is 1. The zero-order valence-electron chi connectivity index (χ0n) is 19.6. The first-order valence-corrected chi connectivity index (χ1v) is 11.7. The van der Waals surface area contributed by atoms with Gasteiger partial charge in [-0.15, -0.1) is 0 Å². The predicted octanol–water partition coefficient (Wildman–Crippen LogP) is 4.25. The first kappa shape index (κ1) is 21.9. The van der Waals surface area contributed by atoms with Crippen LogP contribution >= 0.6 is 0 Å². The summed E-state index contributed by atoms with van der Waals surface area (Å²) in [5.41, 5.74) is 5.12. The number of aromatic nitrogens is 3. The van der Waals surface area contributed by atoms with Crippen molar-refractivity contribution in [1.29, 1.82) is 0 Å². The minimum Gasteiger partial charge on any atom is -0.497 e. The molecule has 0 spiro atoms. The van der Waals surface area contributed by atoms with Gasteiger partial charge in [0.25, 0.3) is 0 Å². The van der Waals surface area contributed by atoms with Crippen LogP contribution in [0.1, 0.15) is 24.0 Å². The van der Waals surface area contributed by atoms with Crippen LogP contribution in [0.15, 0.2) is 67.0 Å². The first-order chi connectivity index (χ1) is 16.6. The highest BCUT2D eigenvalue weighted by Crippen LogP contribution is 2.29. The second kappa shape index (κ2) is 9.55. The highest BCUT2D eigenvalue weighted by molar-refractivity contribution is 5.81. The number of piperidine rings is 1. The molecule has 3 heterocycles. The van der Waals surface area contributed by atoms with Gasteiger partial charge in [-0.25, -0.2) is 9.50 Å². The highest BCUT2D eigenvalue weighted by Gasteiger charge is 2.28. The number of hydrogen-bond acceptors (Lipinski definition) is 5. The number of carbonyl (C=O) groups excluding carboxylic acids is 1. The topological polar surface area (TPSA) is 71.8 Å². The molecule has 34 heavy (non-hydrogen) atoms. The van der Waals surface area contributed by atoms with Crippen molar-refractivity contribution in [3.05, 3.63) is 78.1 Å². The lowest BCUT2D eigenvalue weighted by Crippen LogP contribution is -2.43. The third kappa shape index (κ3) is 4.46. The molecule has 0 aliphatic carbocycles. The Bertz CT molecular complexity index is 1320. The van der Waals surface area contributed by atoms with Gasteiger partial charge in [0.2, 0.25) is 5.91 Å². The molecule has 5 rings (SSSR count). The summed E-state index contributed by atoms with van der Waals surface area (Å²) in [4.78, 5) is 19.9. The molecule has 0 saturated carbocycles. The summed E-state index contributed by atoms with van der Waals surface area (Å²) in [7, 11) is 1.66. The number of fused-ring (bicyclic) bond motifs is 1. The average Bonchev–Trinajstić information content (AvgIpc) is 3.33. The Labute approximate surface area is 199 Å². The third-order valence-corrected chi connectivity index (χ3v) is 6.54. The Morgan fingerprint density at radius 3 is 2.91 bits per heavy atom. The number of aryl methyl sites for hydroxylation is 1. The summed E-state index contributed by atoms with van der Waals surface area (Å²) in [6.45, 7) is 4.14. The Balaban J connectivity index is 1.34. The molecule has 2 aromatic heterocycles. The van der Waals surface area contributed by atoms with Gasteiger partial charge in [0.15, 0.2) is 5.82 Å². The summed E-state index contributed by atoms with van der Waals surface area (Å²) < 4.78 is 7.23. The second-order valence-corrected chi connectivity index (χ2v) is 8.77. The average molecular weight is 456 g/mol. The molecule has 1 atom stereocenters. The lowest BCUT2D eigenvalue weighted by molar-refractivity contribution is -0.125. The van der Waals surface area contributed by atoms with Gasteiger partial charge < -0.3 is 15.0 Å². The summed E-state index contributed by atoms with van der Waals surface area (Å²) >= 11 is 0. The maximum atomic E-state index is 13.0. The van der Waals surface area contributed by atoms with Gasteiger partial charge in [-0.05, 0) is 49.1 Å². The molecule has 1 aliphatic rings. The van der Waals surface area contributed by atoms with Crippen LogP contribution in [0, 0.1) is 12.8 Å². The number of hydrogen-bond donors (Lipinski definition) is 1. The number of carbonyl (C=O) groups is 1. The minimum atomic E-state index is -0.0689. The van der Waals surface area contributed by atoms with Crippen molar-refractivity contribution >= 4 is 17.2 Å². The lowest BCUT2D eigenvalue weighted by Gasteiger charge is -2.33. The monoisotopic (exact) mass is 455 g/mol. The maximum Gasteiger partial charge on any atom is 0.225 e. The van der Waals surface area contributed by atoms with Gasteiger partial charge >= 0.3 is 0 Å². The molecule has 1 fully saturated rings. The number of benzene rings is 2. The Kier molecular flexibility index (Phi) is 6.16. The van der Waals surface area contributed by atoms with E-state index in [-0.39, 0.29) is 11.8 Å². The van der Waals surface area contributed by atoms with Crippen LogP contribution in [0.3, 0.4) is 0 Å². The summed E-state index contributed by atoms with van der Waals surface area (Å²) in [6.07, 6.45) is 5.46. The van der Waals surface area contributed by atoms with Crippen LogP contribution in [-0.2, 0) is 11.3 Å². The van der Waals surface area contributed by atoms with Crippen LogP contribution < -0.4 is 15.0 Å². The molecule has 0 radical (unpaired) electrons. The highest BCUT2D eigenvalue weighted by atomic mass is 16.5. The molecular formula is C27H29N5O2. The summed E-state index contributed by atoms with van der Waals surface area (Å²) in [5.74, 6) is 1.69. The van der Waals surface area contributed by atoms with E-state index < -0.39 is 0 Å². The number of nitrogens with one attached hydrogen (secondary N) is 1. The summed E-state index contributed by atoms with van der Waals surface area (Å²) in [6, 6.07) is 18.1. The Morgan fingerprint density at radius 2 is 2.06 bits per heavy atom. The van der Waals surface area contributed by atoms with E-state index in [1.54, 1.807) is 13.3 Å². The first-order valence-electron chi connectivity index (χ1n) is 11.7. The van der Waals surface area contributed by atoms with E-state index in [2.05, 4.69) is 40.3 Å². The van der Waals surface area contributed by atoms with Gasteiger partial charge in [-0.2, -0.15) is 5.10 Å². The predicted molar refractivity (Wildman–Crippen MR) is 133 cm³/mol. The van der Waals surface area contributed by atoms with Crippen LogP contribution in [0.2, 0.25) is 0 Å². The molecule has 4 aromatic rings. The molecule has 2 aromatic carbocycles. The molecule has 0 bridgehead atoms. The second-order valence-electron chi connectivity index (χ2n) is 8.77. The smallest absolute Gasteiger partial charge is 0.225 e. The molecule has 0 unspecified atom stereocenters. The van der Waals surface area contributed by atoms with Crippen molar-refractivity contribution < 1.29 is 9.53 Å².